The van der Waals surface area contributed by atoms with Crippen molar-refractivity contribution in [1.82, 2.24) is 5.32 Å². The molecule has 0 bridgehead atoms. The number of nitrogens with one attached hydrogen (secondary N) is 1. The first-order valence-corrected chi connectivity index (χ1v) is 4.05. The summed E-state index contributed by atoms with van der Waals surface area (Å²) in [5, 5.41) is 29.3. The maximum Gasteiger partial charge on any atom is 0.252 e. The van der Waals surface area contributed by atoms with Gasteiger partial charge in [0, 0.05) is 0 Å². The number of fused-ring (bicyclic) bond motifs is 1. The number of aliphatic hydroxyl groups is 1. The largest absolute Gasteiger partial charge is 0.468 e. The number of ether oxygens (including phenoxy) is 1. The van der Waals surface area contributed by atoms with Crippen LogP contribution in [-0.4, -0.2) is 23.3 Å². The van der Waals surface area contributed by atoms with Gasteiger partial charge < -0.3 is 20.9 Å². The van der Waals surface area contributed by atoms with E-state index >= 15 is 0 Å². The van der Waals surface area contributed by atoms with E-state index in [2.05, 4.69) is 5.32 Å². The topological polar surface area (TPSA) is 132 Å². The molecule has 7 heteroatoms. The molecule has 7 nitrogen and oxygen atoms in total. The van der Waals surface area contributed by atoms with E-state index in [0.29, 0.717) is 0 Å². The summed E-state index contributed by atoms with van der Waals surface area (Å²) in [5.74, 6) is -1.04. The third-order valence-electron chi connectivity index (χ3n) is 2.53. The summed E-state index contributed by atoms with van der Waals surface area (Å²) in [5.41, 5.74) is 3.30. The Morgan fingerprint density at radius 1 is 1.60 bits per heavy atom. The molecule has 15 heavy (non-hydrogen) atoms. The molecular weight excluding hydrogens is 200 g/mol. The lowest BCUT2D eigenvalue weighted by molar-refractivity contribution is -0.124. The van der Waals surface area contributed by atoms with Crippen molar-refractivity contribution >= 4 is 5.91 Å². The Labute approximate surface area is 84.3 Å². The molecule has 2 heterocycles. The molecule has 0 aliphatic carbocycles. The van der Waals surface area contributed by atoms with Crippen LogP contribution in [-0.2, 0) is 9.53 Å². The van der Waals surface area contributed by atoms with Crippen LogP contribution in [0.2, 0.25) is 0 Å². The van der Waals surface area contributed by atoms with Gasteiger partial charge in [-0.2, -0.15) is 10.5 Å². The van der Waals surface area contributed by atoms with Gasteiger partial charge in [0.1, 0.15) is 11.6 Å². The van der Waals surface area contributed by atoms with Crippen LogP contribution in [0.1, 0.15) is 0 Å². The SMILES string of the molecule is N#CC1=C(N)OC2C(O)NC(=O)C12C#N. The number of amides is 1. The smallest absolute Gasteiger partial charge is 0.252 e. The van der Waals surface area contributed by atoms with E-state index in [1.165, 1.54) is 0 Å². The summed E-state index contributed by atoms with van der Waals surface area (Å²) in [6, 6.07) is 3.36. The average Bonchev–Trinajstić information content (AvgIpc) is 2.61. The summed E-state index contributed by atoms with van der Waals surface area (Å²) in [7, 11) is 0. The van der Waals surface area contributed by atoms with Crippen LogP contribution >= 0.6 is 0 Å². The summed E-state index contributed by atoms with van der Waals surface area (Å²) in [6.45, 7) is 0. The van der Waals surface area contributed by atoms with Crippen LogP contribution in [0.15, 0.2) is 11.5 Å². The van der Waals surface area contributed by atoms with Crippen molar-refractivity contribution in [2.45, 2.75) is 12.3 Å². The third kappa shape index (κ3) is 0.827. The van der Waals surface area contributed by atoms with Crippen molar-refractivity contribution < 1.29 is 14.6 Å². The van der Waals surface area contributed by atoms with Crippen LogP contribution in [0, 0.1) is 28.1 Å². The molecule has 1 saturated heterocycles. The van der Waals surface area contributed by atoms with Gasteiger partial charge in [-0.25, -0.2) is 0 Å². The Bertz CT molecular complexity index is 457. The van der Waals surface area contributed by atoms with E-state index in [9.17, 15) is 9.90 Å². The molecule has 0 aromatic rings. The first kappa shape index (κ1) is 9.31. The fourth-order valence-corrected chi connectivity index (χ4v) is 1.80. The van der Waals surface area contributed by atoms with Crippen molar-refractivity contribution in [2.75, 3.05) is 0 Å². The van der Waals surface area contributed by atoms with Crippen molar-refractivity contribution in [3.05, 3.63) is 11.5 Å². The van der Waals surface area contributed by atoms with Crippen molar-refractivity contribution in [3.8, 4) is 12.1 Å². The fourth-order valence-electron chi connectivity index (χ4n) is 1.80. The van der Waals surface area contributed by atoms with Gasteiger partial charge >= 0.3 is 0 Å². The molecule has 2 aliphatic heterocycles. The number of hydrogen-bond donors (Lipinski definition) is 3. The normalized spacial score (nSPS) is 37.7. The van der Waals surface area contributed by atoms with E-state index in [1.807, 2.05) is 0 Å². The summed E-state index contributed by atoms with van der Waals surface area (Å²) in [4.78, 5) is 11.5. The van der Waals surface area contributed by atoms with E-state index < -0.39 is 23.7 Å². The van der Waals surface area contributed by atoms with E-state index in [4.69, 9.17) is 21.0 Å². The van der Waals surface area contributed by atoms with Crippen LogP contribution in [0.25, 0.3) is 0 Å². The van der Waals surface area contributed by atoms with Gasteiger partial charge in [0.05, 0.1) is 6.07 Å². The maximum absolute atomic E-state index is 11.5. The monoisotopic (exact) mass is 206 g/mol. The number of hydrogen-bond acceptors (Lipinski definition) is 6. The molecule has 4 N–H and O–H groups in total. The molecular formula is C8H6N4O3. The van der Waals surface area contributed by atoms with Crippen LogP contribution in [0.3, 0.4) is 0 Å². The minimum atomic E-state index is -1.81. The molecule has 3 atom stereocenters. The molecule has 0 aromatic heterocycles. The molecule has 2 rings (SSSR count). The summed E-state index contributed by atoms with van der Waals surface area (Å²) in [6.07, 6.45) is -2.48. The van der Waals surface area contributed by atoms with Crippen molar-refractivity contribution in [2.24, 2.45) is 11.1 Å². The second-order valence-corrected chi connectivity index (χ2v) is 3.23. The Morgan fingerprint density at radius 2 is 2.27 bits per heavy atom. The molecule has 76 valence electrons. The lowest BCUT2D eigenvalue weighted by Gasteiger charge is -2.16. The molecule has 1 fully saturated rings. The Morgan fingerprint density at radius 3 is 2.80 bits per heavy atom. The Hall–Kier alpha value is -2.25. The highest BCUT2D eigenvalue weighted by molar-refractivity contribution is 5.94. The van der Waals surface area contributed by atoms with Crippen molar-refractivity contribution in [1.29, 1.82) is 10.5 Å². The number of nitrogens with two attached hydrogens (primary N) is 1. The molecule has 0 saturated carbocycles. The van der Waals surface area contributed by atoms with Gasteiger partial charge in [-0.05, 0) is 0 Å². The zero-order chi connectivity index (χ0) is 11.2. The number of aliphatic hydroxyl groups excluding tert-OH is 1. The van der Waals surface area contributed by atoms with E-state index in [1.54, 1.807) is 12.1 Å². The van der Waals surface area contributed by atoms with E-state index in [-0.39, 0.29) is 11.5 Å². The van der Waals surface area contributed by atoms with Crippen LogP contribution in [0.4, 0.5) is 0 Å². The predicted octanol–water partition coefficient (Wildman–Crippen LogP) is -1.96. The lowest BCUT2D eigenvalue weighted by Crippen LogP contribution is -2.36. The minimum absolute atomic E-state index is 0.246. The first-order valence-electron chi connectivity index (χ1n) is 4.05. The average molecular weight is 206 g/mol. The lowest BCUT2D eigenvalue weighted by atomic mass is 9.80. The van der Waals surface area contributed by atoms with Gasteiger partial charge in [0.25, 0.3) is 5.91 Å². The van der Waals surface area contributed by atoms with Gasteiger partial charge in [0.15, 0.2) is 12.3 Å². The quantitative estimate of drug-likeness (QED) is 0.421. The zero-order valence-corrected chi connectivity index (χ0v) is 7.39. The fraction of sp³-hybridized carbons (Fsp3) is 0.375. The highest BCUT2D eigenvalue weighted by Gasteiger charge is 2.65. The zero-order valence-electron chi connectivity index (χ0n) is 7.39. The predicted molar refractivity (Wildman–Crippen MR) is 43.9 cm³/mol. The Balaban J connectivity index is 2.63. The van der Waals surface area contributed by atoms with Gasteiger partial charge in [-0.3, -0.25) is 4.79 Å². The number of carbonyl (C=O) groups excluding carboxylic acids is 1. The Kier molecular flexibility index (Phi) is 1.63. The molecule has 0 radical (unpaired) electrons. The highest BCUT2D eigenvalue weighted by atomic mass is 16.5. The number of nitrogens with zero attached hydrogens (tertiary/aromatic N) is 2. The molecule has 0 spiro atoms. The number of nitriles is 2. The van der Waals surface area contributed by atoms with E-state index in [0.717, 1.165) is 0 Å². The van der Waals surface area contributed by atoms with Gasteiger partial charge in [-0.15, -0.1) is 0 Å². The summed E-state index contributed by atoms with van der Waals surface area (Å²) >= 11 is 0. The summed E-state index contributed by atoms with van der Waals surface area (Å²) < 4.78 is 4.94. The molecule has 3 unspecified atom stereocenters. The highest BCUT2D eigenvalue weighted by Crippen LogP contribution is 2.44. The molecule has 2 aliphatic rings. The number of rotatable bonds is 0. The molecule has 1 amide bonds. The van der Waals surface area contributed by atoms with Gasteiger partial charge in [-0.1, -0.05) is 0 Å². The van der Waals surface area contributed by atoms with Gasteiger partial charge in [0.2, 0.25) is 11.3 Å². The molecule has 0 aromatic carbocycles. The minimum Gasteiger partial charge on any atom is -0.468 e. The van der Waals surface area contributed by atoms with Crippen LogP contribution < -0.4 is 11.1 Å². The third-order valence-corrected chi connectivity index (χ3v) is 2.53. The second kappa shape index (κ2) is 2.62. The second-order valence-electron chi connectivity index (χ2n) is 3.23. The van der Waals surface area contributed by atoms with Crippen molar-refractivity contribution in [3.63, 3.8) is 0 Å². The number of carbonyl (C=O) groups is 1. The standard InChI is InChI=1S/C8H6N4O3/c9-1-3-5(11)15-4-6(13)12-7(14)8(3,4)2-10/h4,6,13H,11H2,(H,12,14). The maximum atomic E-state index is 11.5. The first-order chi connectivity index (χ1) is 7.07. The van der Waals surface area contributed by atoms with Crippen LogP contribution in [0.5, 0.6) is 0 Å².